The molecule has 0 aromatic heterocycles. The first-order chi connectivity index (χ1) is 11.5. The van der Waals surface area contributed by atoms with Crippen molar-refractivity contribution in [1.29, 1.82) is 0 Å². The molecule has 144 valence electrons. The molecule has 1 saturated heterocycles. The standard InChI is InChI=1S/C16H25F4N3O2/c1-10(22-13(24)11-3-5-15(17,18)8-11)7-12-4-6-23(14(25)21-2)9-16(12,19)20/h10-12H,3-9H2,1-2H3,(H,21,25)(H,22,24). The lowest BCUT2D eigenvalue weighted by Crippen LogP contribution is -2.54. The highest BCUT2D eigenvalue weighted by atomic mass is 19.3. The predicted octanol–water partition coefficient (Wildman–Crippen LogP) is 2.61. The lowest BCUT2D eigenvalue weighted by Gasteiger charge is -2.39. The first-order valence-corrected chi connectivity index (χ1v) is 8.57. The number of carbonyl (C=O) groups excluding carboxylic acids is 2. The number of nitrogens with zero attached hydrogens (tertiary/aromatic N) is 1. The molecule has 0 radical (unpaired) electrons. The molecule has 25 heavy (non-hydrogen) atoms. The van der Waals surface area contributed by atoms with Crippen LogP contribution in [0.4, 0.5) is 22.4 Å². The van der Waals surface area contributed by atoms with Gasteiger partial charge in [0.15, 0.2) is 0 Å². The number of hydrogen-bond donors (Lipinski definition) is 2. The van der Waals surface area contributed by atoms with Gasteiger partial charge in [-0.2, -0.15) is 0 Å². The zero-order valence-corrected chi connectivity index (χ0v) is 14.5. The quantitative estimate of drug-likeness (QED) is 0.751. The summed E-state index contributed by atoms with van der Waals surface area (Å²) < 4.78 is 54.9. The number of halogens is 4. The Balaban J connectivity index is 1.85. The minimum absolute atomic E-state index is 0.0451. The van der Waals surface area contributed by atoms with Gasteiger partial charge in [0.2, 0.25) is 11.8 Å². The van der Waals surface area contributed by atoms with Crippen LogP contribution in [0.2, 0.25) is 0 Å². The predicted molar refractivity (Wildman–Crippen MR) is 83.6 cm³/mol. The summed E-state index contributed by atoms with van der Waals surface area (Å²) in [7, 11) is 1.39. The number of amides is 3. The summed E-state index contributed by atoms with van der Waals surface area (Å²) in [6.07, 6.45) is -0.500. The maximum absolute atomic E-state index is 14.3. The topological polar surface area (TPSA) is 61.4 Å². The first kappa shape index (κ1) is 19.8. The van der Waals surface area contributed by atoms with Gasteiger partial charge in [0, 0.05) is 44.3 Å². The third-order valence-corrected chi connectivity index (χ3v) is 5.05. The molecule has 1 aliphatic carbocycles. The highest BCUT2D eigenvalue weighted by Gasteiger charge is 2.46. The number of piperidine rings is 1. The fourth-order valence-electron chi connectivity index (χ4n) is 3.63. The van der Waals surface area contributed by atoms with Crippen molar-refractivity contribution in [1.82, 2.24) is 15.5 Å². The smallest absolute Gasteiger partial charge is 0.317 e. The van der Waals surface area contributed by atoms with Gasteiger partial charge in [0.05, 0.1) is 6.54 Å². The van der Waals surface area contributed by atoms with E-state index in [1.165, 1.54) is 7.05 Å². The minimum atomic E-state index is -3.05. The molecule has 1 saturated carbocycles. The molecular formula is C16H25F4N3O2. The Labute approximate surface area is 144 Å². The van der Waals surface area contributed by atoms with E-state index >= 15 is 0 Å². The average molecular weight is 367 g/mol. The van der Waals surface area contributed by atoms with Crippen LogP contribution >= 0.6 is 0 Å². The molecule has 1 aliphatic heterocycles. The Morgan fingerprint density at radius 1 is 1.24 bits per heavy atom. The van der Waals surface area contributed by atoms with Crippen LogP contribution in [0.25, 0.3) is 0 Å². The second-order valence-electron chi connectivity index (χ2n) is 7.16. The van der Waals surface area contributed by atoms with Crippen molar-refractivity contribution in [2.75, 3.05) is 20.1 Å². The van der Waals surface area contributed by atoms with Crippen molar-refractivity contribution in [3.63, 3.8) is 0 Å². The van der Waals surface area contributed by atoms with Crippen molar-refractivity contribution < 1.29 is 27.2 Å². The summed E-state index contributed by atoms with van der Waals surface area (Å²) in [4.78, 5) is 24.6. The Hall–Kier alpha value is -1.54. The third-order valence-electron chi connectivity index (χ3n) is 5.05. The molecule has 3 amide bonds. The maximum atomic E-state index is 14.3. The first-order valence-electron chi connectivity index (χ1n) is 8.57. The van der Waals surface area contributed by atoms with Gasteiger partial charge in [-0.1, -0.05) is 0 Å². The van der Waals surface area contributed by atoms with Crippen molar-refractivity contribution in [3.8, 4) is 0 Å². The fraction of sp³-hybridized carbons (Fsp3) is 0.875. The maximum Gasteiger partial charge on any atom is 0.317 e. The summed E-state index contributed by atoms with van der Waals surface area (Å²) in [5.74, 6) is -8.08. The van der Waals surface area contributed by atoms with E-state index in [0.29, 0.717) is 0 Å². The molecule has 2 N–H and O–H groups in total. The van der Waals surface area contributed by atoms with Gasteiger partial charge in [0.25, 0.3) is 5.92 Å². The van der Waals surface area contributed by atoms with Gasteiger partial charge < -0.3 is 15.5 Å². The van der Waals surface area contributed by atoms with Crippen LogP contribution in [-0.2, 0) is 4.79 Å². The lowest BCUT2D eigenvalue weighted by molar-refractivity contribution is -0.128. The average Bonchev–Trinajstić information content (AvgIpc) is 2.88. The van der Waals surface area contributed by atoms with Crippen LogP contribution in [-0.4, -0.2) is 54.9 Å². The summed E-state index contributed by atoms with van der Waals surface area (Å²) in [5, 5.41) is 4.92. The molecule has 9 heteroatoms. The van der Waals surface area contributed by atoms with Crippen molar-refractivity contribution in [2.45, 2.75) is 56.9 Å². The van der Waals surface area contributed by atoms with Crippen LogP contribution < -0.4 is 10.6 Å². The highest BCUT2D eigenvalue weighted by molar-refractivity contribution is 5.79. The van der Waals surface area contributed by atoms with Gasteiger partial charge in [0.1, 0.15) is 0 Å². The van der Waals surface area contributed by atoms with E-state index < -0.39 is 54.6 Å². The van der Waals surface area contributed by atoms with E-state index in [2.05, 4.69) is 10.6 Å². The molecule has 2 fully saturated rings. The number of rotatable bonds is 4. The number of hydrogen-bond acceptors (Lipinski definition) is 2. The summed E-state index contributed by atoms with van der Waals surface area (Å²) in [6.45, 7) is 1.16. The normalized spacial score (nSPS) is 29.1. The Bertz CT molecular complexity index is 516. The number of alkyl halides is 4. The fourth-order valence-corrected chi connectivity index (χ4v) is 3.63. The molecule has 1 heterocycles. The second kappa shape index (κ2) is 7.37. The molecule has 0 bridgehead atoms. The van der Waals surface area contributed by atoms with Gasteiger partial charge in [-0.15, -0.1) is 0 Å². The summed E-state index contributed by atoms with van der Waals surface area (Å²) in [5.41, 5.74) is 0. The number of carbonyl (C=O) groups is 2. The van der Waals surface area contributed by atoms with Gasteiger partial charge >= 0.3 is 6.03 Å². The molecule has 5 nitrogen and oxygen atoms in total. The van der Waals surface area contributed by atoms with E-state index in [1.807, 2.05) is 0 Å². The monoisotopic (exact) mass is 367 g/mol. The number of nitrogens with one attached hydrogen (secondary N) is 2. The molecule has 0 aromatic rings. The number of urea groups is 1. The molecule has 0 aromatic carbocycles. The molecule has 0 spiro atoms. The summed E-state index contributed by atoms with van der Waals surface area (Å²) >= 11 is 0. The van der Waals surface area contributed by atoms with E-state index in [9.17, 15) is 27.2 Å². The van der Waals surface area contributed by atoms with Crippen molar-refractivity contribution >= 4 is 11.9 Å². The minimum Gasteiger partial charge on any atom is -0.353 e. The molecule has 2 rings (SSSR count). The van der Waals surface area contributed by atoms with E-state index in [1.54, 1.807) is 6.92 Å². The Morgan fingerprint density at radius 3 is 2.44 bits per heavy atom. The van der Waals surface area contributed by atoms with Crippen LogP contribution in [0, 0.1) is 11.8 Å². The van der Waals surface area contributed by atoms with E-state index in [4.69, 9.17) is 0 Å². The van der Waals surface area contributed by atoms with Crippen molar-refractivity contribution in [3.05, 3.63) is 0 Å². The molecular weight excluding hydrogens is 342 g/mol. The zero-order chi connectivity index (χ0) is 18.8. The van der Waals surface area contributed by atoms with Crippen LogP contribution in [0.5, 0.6) is 0 Å². The second-order valence-corrected chi connectivity index (χ2v) is 7.16. The van der Waals surface area contributed by atoms with Crippen LogP contribution in [0.1, 0.15) is 39.0 Å². The molecule has 3 atom stereocenters. The largest absolute Gasteiger partial charge is 0.353 e. The lowest BCUT2D eigenvalue weighted by atomic mass is 9.87. The van der Waals surface area contributed by atoms with Gasteiger partial charge in [-0.3, -0.25) is 4.79 Å². The highest BCUT2D eigenvalue weighted by Crippen LogP contribution is 2.39. The SMILES string of the molecule is CNC(=O)N1CCC(CC(C)NC(=O)C2CCC(F)(F)C2)C(F)(F)C1. The zero-order valence-electron chi connectivity index (χ0n) is 14.5. The number of likely N-dealkylation sites (tertiary alicyclic amines) is 1. The van der Waals surface area contributed by atoms with Gasteiger partial charge in [-0.05, 0) is 26.2 Å². The Morgan fingerprint density at radius 2 is 1.92 bits per heavy atom. The summed E-state index contributed by atoms with van der Waals surface area (Å²) in [6, 6.07) is -1.08. The van der Waals surface area contributed by atoms with Crippen LogP contribution in [0.15, 0.2) is 0 Å². The van der Waals surface area contributed by atoms with Crippen LogP contribution in [0.3, 0.4) is 0 Å². The van der Waals surface area contributed by atoms with Gasteiger partial charge in [-0.25, -0.2) is 22.4 Å². The third kappa shape index (κ3) is 4.98. The van der Waals surface area contributed by atoms with Crippen molar-refractivity contribution in [2.24, 2.45) is 11.8 Å². The van der Waals surface area contributed by atoms with E-state index in [0.717, 1.165) is 4.90 Å². The molecule has 3 unspecified atom stereocenters. The van der Waals surface area contributed by atoms with E-state index in [-0.39, 0.29) is 32.2 Å². The molecule has 2 aliphatic rings. The Kier molecular flexibility index (Phi) is 5.83.